The van der Waals surface area contributed by atoms with E-state index in [1.807, 2.05) is 4.90 Å². The molecule has 0 aromatic carbocycles. The van der Waals surface area contributed by atoms with Crippen molar-refractivity contribution in [2.24, 2.45) is 5.73 Å². The van der Waals surface area contributed by atoms with Gasteiger partial charge in [-0.3, -0.25) is 9.59 Å². The Kier molecular flexibility index (Phi) is 19.2. The Labute approximate surface area is 218 Å². The van der Waals surface area contributed by atoms with E-state index < -0.39 is 6.04 Å². The van der Waals surface area contributed by atoms with Crippen LogP contribution >= 0.6 is 24.8 Å². The zero-order valence-corrected chi connectivity index (χ0v) is 22.6. The van der Waals surface area contributed by atoms with Gasteiger partial charge in [-0.25, -0.2) is 4.98 Å². The highest BCUT2D eigenvalue weighted by Crippen LogP contribution is 2.19. The highest BCUT2D eigenvalue weighted by molar-refractivity contribution is 5.85. The number of imidazole rings is 1. The summed E-state index contributed by atoms with van der Waals surface area (Å²) in [5, 5.41) is 2.96. The maximum absolute atomic E-state index is 12.8. The number of carbonyl (C=O) groups is 2. The second kappa shape index (κ2) is 19.9. The van der Waals surface area contributed by atoms with Crippen molar-refractivity contribution in [3.05, 3.63) is 18.2 Å². The van der Waals surface area contributed by atoms with Gasteiger partial charge < -0.3 is 20.9 Å². The molecule has 0 spiro atoms. The number of halogens is 2. The molecule has 4 N–H and O–H groups in total. The average molecular weight is 521 g/mol. The van der Waals surface area contributed by atoms with Crippen LogP contribution in [0.25, 0.3) is 0 Å². The number of carbonyl (C=O) groups excluding carboxylic acids is 2. The van der Waals surface area contributed by atoms with Crippen molar-refractivity contribution in [2.75, 3.05) is 13.1 Å². The summed E-state index contributed by atoms with van der Waals surface area (Å²) in [5.74, 6) is 0.0602. The van der Waals surface area contributed by atoms with E-state index in [2.05, 4.69) is 22.2 Å². The summed E-state index contributed by atoms with van der Waals surface area (Å²) in [6, 6.07) is -0.543. The molecular weight excluding hydrogens is 473 g/mol. The lowest BCUT2D eigenvalue weighted by atomic mass is 10.0. The Morgan fingerprint density at radius 1 is 1.09 bits per heavy atom. The molecule has 2 heterocycles. The predicted molar refractivity (Wildman–Crippen MR) is 144 cm³/mol. The van der Waals surface area contributed by atoms with Crippen LogP contribution < -0.4 is 11.1 Å². The van der Waals surface area contributed by atoms with Crippen LogP contribution in [0.1, 0.15) is 103 Å². The van der Waals surface area contributed by atoms with Crippen LogP contribution in [0.4, 0.5) is 0 Å². The van der Waals surface area contributed by atoms with Crippen molar-refractivity contribution >= 4 is 36.6 Å². The van der Waals surface area contributed by atoms with Crippen LogP contribution in [0, 0.1) is 0 Å². The molecule has 7 nitrogen and oxygen atoms in total. The van der Waals surface area contributed by atoms with E-state index in [0.29, 0.717) is 19.4 Å². The number of hydrogen-bond donors (Lipinski definition) is 3. The van der Waals surface area contributed by atoms with E-state index >= 15 is 0 Å². The van der Waals surface area contributed by atoms with Crippen molar-refractivity contribution in [2.45, 2.75) is 115 Å². The molecule has 34 heavy (non-hydrogen) atoms. The van der Waals surface area contributed by atoms with Gasteiger partial charge in [0, 0.05) is 38.2 Å². The topological polar surface area (TPSA) is 104 Å². The first kappa shape index (κ1) is 32.7. The second-order valence-electron chi connectivity index (χ2n) is 9.29. The summed E-state index contributed by atoms with van der Waals surface area (Å²) in [4.78, 5) is 34.2. The van der Waals surface area contributed by atoms with Crippen molar-refractivity contribution in [1.82, 2.24) is 20.2 Å². The Balaban J connectivity index is 0.00000544. The number of rotatable bonds is 16. The molecule has 1 aromatic heterocycles. The first-order valence-corrected chi connectivity index (χ1v) is 12.9. The first-order chi connectivity index (χ1) is 15.6. The van der Waals surface area contributed by atoms with E-state index in [1.165, 1.54) is 51.4 Å². The van der Waals surface area contributed by atoms with Crippen molar-refractivity contribution in [3.63, 3.8) is 0 Å². The molecule has 0 saturated carbocycles. The van der Waals surface area contributed by atoms with Gasteiger partial charge in [0.05, 0.1) is 18.1 Å². The van der Waals surface area contributed by atoms with E-state index in [0.717, 1.165) is 44.3 Å². The van der Waals surface area contributed by atoms with Gasteiger partial charge >= 0.3 is 0 Å². The van der Waals surface area contributed by atoms with Crippen molar-refractivity contribution in [3.8, 4) is 0 Å². The Morgan fingerprint density at radius 3 is 2.35 bits per heavy atom. The molecular formula is C25H47Cl2N5O2. The number of unbranched alkanes of at least 4 members (excludes halogenated alkanes) is 9. The number of nitrogens with one attached hydrogen (secondary N) is 2. The SMILES string of the molecule is CCCCCCCCCCCCC(=O)N1CCCCC1CNC(=O)C(N)Cc1c[nH]cn1.Cl.Cl. The van der Waals surface area contributed by atoms with Crippen LogP contribution in [0.2, 0.25) is 0 Å². The molecule has 1 fully saturated rings. The van der Waals surface area contributed by atoms with Crippen LogP contribution in [0.15, 0.2) is 12.5 Å². The lowest BCUT2D eigenvalue weighted by Crippen LogP contribution is -2.52. The number of piperidine rings is 1. The third-order valence-electron chi connectivity index (χ3n) is 6.52. The average Bonchev–Trinajstić information content (AvgIpc) is 3.31. The maximum atomic E-state index is 12.8. The number of H-pyrrole nitrogens is 1. The fraction of sp³-hybridized carbons (Fsp3) is 0.800. The number of aromatic nitrogens is 2. The number of nitrogens with zero attached hydrogens (tertiary/aromatic N) is 2. The van der Waals surface area contributed by atoms with Crippen LogP contribution in [-0.2, 0) is 16.0 Å². The Hall–Kier alpha value is -1.31. The molecule has 0 bridgehead atoms. The normalized spacial score (nSPS) is 16.3. The number of nitrogens with two attached hydrogens (primary N) is 1. The molecule has 2 atom stereocenters. The summed E-state index contributed by atoms with van der Waals surface area (Å²) in [6.45, 7) is 3.54. The van der Waals surface area contributed by atoms with Gasteiger partial charge in [-0.1, -0.05) is 64.7 Å². The monoisotopic (exact) mass is 519 g/mol. The maximum Gasteiger partial charge on any atom is 0.237 e. The molecule has 0 radical (unpaired) electrons. The molecule has 198 valence electrons. The molecule has 9 heteroatoms. The molecule has 2 unspecified atom stereocenters. The standard InChI is InChI=1S/C25H45N5O2.2ClH/c1-2-3-4-5-6-7-8-9-10-11-15-24(31)30-16-13-12-14-22(30)19-28-25(32)23(26)17-21-18-27-20-29-21;;/h18,20,22-23H,2-17,19,26H2,1H3,(H,27,29)(H,28,32);2*1H. The molecule has 2 rings (SSSR count). The van der Waals surface area contributed by atoms with Crippen LogP contribution in [-0.4, -0.2) is 51.9 Å². The summed E-state index contributed by atoms with van der Waals surface area (Å²) >= 11 is 0. The van der Waals surface area contributed by atoms with Gasteiger partial charge in [0.25, 0.3) is 0 Å². The fourth-order valence-corrected chi connectivity index (χ4v) is 4.52. The third kappa shape index (κ3) is 13.0. The van der Waals surface area contributed by atoms with E-state index in [4.69, 9.17) is 5.73 Å². The summed E-state index contributed by atoms with van der Waals surface area (Å²) < 4.78 is 0. The van der Waals surface area contributed by atoms with Gasteiger partial charge in [0.15, 0.2) is 0 Å². The molecule has 1 aliphatic rings. The van der Waals surface area contributed by atoms with Gasteiger partial charge in [0.1, 0.15) is 0 Å². The lowest BCUT2D eigenvalue weighted by Gasteiger charge is -2.36. The summed E-state index contributed by atoms with van der Waals surface area (Å²) in [5.41, 5.74) is 6.79. The zero-order valence-electron chi connectivity index (χ0n) is 20.9. The predicted octanol–water partition coefficient (Wildman–Crippen LogP) is 4.93. The largest absolute Gasteiger partial charge is 0.353 e. The summed E-state index contributed by atoms with van der Waals surface area (Å²) in [7, 11) is 0. The highest BCUT2D eigenvalue weighted by Gasteiger charge is 2.27. The van der Waals surface area contributed by atoms with Gasteiger partial charge in [-0.05, 0) is 25.7 Å². The van der Waals surface area contributed by atoms with Crippen LogP contribution in [0.5, 0.6) is 0 Å². The number of aromatic amines is 1. The zero-order chi connectivity index (χ0) is 23.0. The minimum atomic E-state index is -0.627. The third-order valence-corrected chi connectivity index (χ3v) is 6.52. The molecule has 1 aliphatic heterocycles. The van der Waals surface area contributed by atoms with Gasteiger partial charge in [-0.2, -0.15) is 0 Å². The minimum absolute atomic E-state index is 0. The van der Waals surface area contributed by atoms with Crippen LogP contribution in [0.3, 0.4) is 0 Å². The van der Waals surface area contributed by atoms with Crippen molar-refractivity contribution in [1.29, 1.82) is 0 Å². The molecule has 2 amide bonds. The lowest BCUT2D eigenvalue weighted by molar-refractivity contribution is -0.135. The second-order valence-corrected chi connectivity index (χ2v) is 9.29. The Bertz CT molecular complexity index is 645. The smallest absolute Gasteiger partial charge is 0.237 e. The quantitative estimate of drug-likeness (QED) is 0.269. The Morgan fingerprint density at radius 2 is 1.74 bits per heavy atom. The van der Waals surface area contributed by atoms with Crippen molar-refractivity contribution < 1.29 is 9.59 Å². The van der Waals surface area contributed by atoms with E-state index in [-0.39, 0.29) is 42.7 Å². The number of likely N-dealkylation sites (tertiary alicyclic amines) is 1. The minimum Gasteiger partial charge on any atom is -0.353 e. The molecule has 1 saturated heterocycles. The highest BCUT2D eigenvalue weighted by atomic mass is 35.5. The first-order valence-electron chi connectivity index (χ1n) is 12.9. The fourth-order valence-electron chi connectivity index (χ4n) is 4.52. The summed E-state index contributed by atoms with van der Waals surface area (Å²) in [6.07, 6.45) is 20.2. The number of hydrogen-bond acceptors (Lipinski definition) is 4. The molecule has 0 aliphatic carbocycles. The van der Waals surface area contributed by atoms with Gasteiger partial charge in [-0.15, -0.1) is 24.8 Å². The van der Waals surface area contributed by atoms with Gasteiger partial charge in [0.2, 0.25) is 11.8 Å². The number of amides is 2. The molecule has 1 aromatic rings. The van der Waals surface area contributed by atoms with E-state index in [9.17, 15) is 9.59 Å². The van der Waals surface area contributed by atoms with E-state index in [1.54, 1.807) is 12.5 Å².